The van der Waals surface area contributed by atoms with E-state index in [9.17, 15) is 10.1 Å². The molecule has 0 radical (unpaired) electrons. The van der Waals surface area contributed by atoms with Crippen LogP contribution in [0, 0.1) is 10.1 Å². The fourth-order valence-electron chi connectivity index (χ4n) is 2.71. The minimum Gasteiger partial charge on any atom is -0.313 e. The molecule has 6 heteroatoms. The molecule has 1 N–H and O–H groups in total. The summed E-state index contributed by atoms with van der Waals surface area (Å²) in [7, 11) is 0. The van der Waals surface area contributed by atoms with E-state index in [0.717, 1.165) is 37.5 Å². The highest BCUT2D eigenvalue weighted by atomic mass is 32.1. The van der Waals surface area contributed by atoms with Crippen molar-refractivity contribution < 1.29 is 4.92 Å². The molecule has 1 unspecified atom stereocenters. The molecule has 0 amide bonds. The lowest BCUT2D eigenvalue weighted by atomic mass is 10.0. The molecule has 1 aliphatic heterocycles. The van der Waals surface area contributed by atoms with Crippen molar-refractivity contribution in [1.29, 1.82) is 0 Å². The van der Waals surface area contributed by atoms with E-state index in [1.54, 1.807) is 6.07 Å². The highest BCUT2D eigenvalue weighted by Crippen LogP contribution is 2.25. The summed E-state index contributed by atoms with van der Waals surface area (Å²) >= 11 is 1.30. The van der Waals surface area contributed by atoms with Crippen molar-refractivity contribution in [3.8, 4) is 0 Å². The summed E-state index contributed by atoms with van der Waals surface area (Å²) in [6.07, 6.45) is 4.94. The van der Waals surface area contributed by atoms with E-state index >= 15 is 0 Å². The molecule has 5 nitrogen and oxygen atoms in total. The minimum atomic E-state index is -0.305. The van der Waals surface area contributed by atoms with Gasteiger partial charge in [0.05, 0.1) is 4.92 Å². The molecule has 1 aliphatic rings. The summed E-state index contributed by atoms with van der Waals surface area (Å²) in [5, 5.41) is 14.5. The Morgan fingerprint density at radius 2 is 2.35 bits per heavy atom. The lowest BCUT2D eigenvalue weighted by molar-refractivity contribution is -0.380. The van der Waals surface area contributed by atoms with Gasteiger partial charge in [-0.2, -0.15) is 0 Å². The van der Waals surface area contributed by atoms with Gasteiger partial charge in [0.1, 0.15) is 0 Å². The normalized spacial score (nSPS) is 19.4. The fraction of sp³-hybridized carbons (Fsp3) is 0.714. The lowest BCUT2D eigenvalue weighted by Gasteiger charge is -2.30. The monoisotopic (exact) mass is 297 g/mol. The van der Waals surface area contributed by atoms with Crippen molar-refractivity contribution in [3.63, 3.8) is 0 Å². The van der Waals surface area contributed by atoms with Crippen LogP contribution in [0.15, 0.2) is 12.1 Å². The van der Waals surface area contributed by atoms with Gasteiger partial charge in [0.2, 0.25) is 0 Å². The first-order valence-corrected chi connectivity index (χ1v) is 8.19. The van der Waals surface area contributed by atoms with Gasteiger partial charge in [-0.15, -0.1) is 0 Å². The van der Waals surface area contributed by atoms with E-state index in [-0.39, 0.29) is 9.92 Å². The maximum Gasteiger partial charge on any atom is 0.324 e. The topological polar surface area (TPSA) is 58.4 Å². The number of hydrogen-bond donors (Lipinski definition) is 1. The van der Waals surface area contributed by atoms with Crippen molar-refractivity contribution >= 4 is 16.3 Å². The van der Waals surface area contributed by atoms with Crippen LogP contribution in [-0.2, 0) is 6.54 Å². The Hall–Kier alpha value is -0.980. The fourth-order valence-corrected chi connectivity index (χ4v) is 3.58. The molecule has 1 aromatic rings. The second-order valence-corrected chi connectivity index (χ2v) is 6.53. The number of nitrogens with zero attached hydrogens (tertiary/aromatic N) is 2. The Balaban J connectivity index is 1.91. The average Bonchev–Trinajstić information content (AvgIpc) is 2.89. The van der Waals surface area contributed by atoms with E-state index in [0.29, 0.717) is 6.04 Å². The van der Waals surface area contributed by atoms with Crippen LogP contribution in [0.25, 0.3) is 0 Å². The molecule has 2 rings (SSSR count). The molecule has 1 fully saturated rings. The Morgan fingerprint density at radius 1 is 1.50 bits per heavy atom. The van der Waals surface area contributed by atoms with Gasteiger partial charge in [-0.25, -0.2) is 0 Å². The number of nitrogens with one attached hydrogen (secondary N) is 1. The summed E-state index contributed by atoms with van der Waals surface area (Å²) in [5.74, 6) is 0. The smallest absolute Gasteiger partial charge is 0.313 e. The minimum absolute atomic E-state index is 0.243. The molecule has 20 heavy (non-hydrogen) atoms. The van der Waals surface area contributed by atoms with Gasteiger partial charge in [-0.1, -0.05) is 24.7 Å². The Kier molecular flexibility index (Phi) is 5.94. The van der Waals surface area contributed by atoms with Crippen molar-refractivity contribution in [2.75, 3.05) is 19.6 Å². The standard InChI is InChI=1S/C14H23N3O2S/c1-2-9-16(10-12-5-3-4-8-15-12)11-13-6-7-14(20-13)17(18)19/h6-7,12,15H,2-5,8-11H2,1H3. The molecule has 1 aromatic heterocycles. The molecular formula is C14H23N3O2S. The molecule has 0 saturated carbocycles. The maximum absolute atomic E-state index is 10.7. The van der Waals surface area contributed by atoms with E-state index in [4.69, 9.17) is 0 Å². The van der Waals surface area contributed by atoms with Crippen LogP contribution in [-0.4, -0.2) is 35.5 Å². The number of piperidine rings is 1. The molecule has 0 aromatic carbocycles. The third-order valence-corrected chi connectivity index (χ3v) is 4.66. The molecule has 0 aliphatic carbocycles. The first-order valence-electron chi connectivity index (χ1n) is 7.38. The predicted molar refractivity (Wildman–Crippen MR) is 82.2 cm³/mol. The quantitative estimate of drug-likeness (QED) is 0.621. The second-order valence-electron chi connectivity index (χ2n) is 5.38. The zero-order chi connectivity index (χ0) is 14.4. The summed E-state index contributed by atoms with van der Waals surface area (Å²) in [6.45, 7) is 6.21. The van der Waals surface area contributed by atoms with Gasteiger partial charge in [-0.05, 0) is 38.4 Å². The van der Waals surface area contributed by atoms with Crippen LogP contribution < -0.4 is 5.32 Å². The van der Waals surface area contributed by atoms with Gasteiger partial charge >= 0.3 is 5.00 Å². The highest BCUT2D eigenvalue weighted by Gasteiger charge is 2.18. The van der Waals surface area contributed by atoms with Crippen LogP contribution in [0.1, 0.15) is 37.5 Å². The van der Waals surface area contributed by atoms with E-state index in [2.05, 4.69) is 17.1 Å². The molecule has 112 valence electrons. The number of rotatable bonds is 7. The van der Waals surface area contributed by atoms with Crippen LogP contribution in [0.2, 0.25) is 0 Å². The van der Waals surface area contributed by atoms with Crippen molar-refractivity contribution in [1.82, 2.24) is 10.2 Å². The predicted octanol–water partition coefficient (Wildman–Crippen LogP) is 3.01. The zero-order valence-electron chi connectivity index (χ0n) is 12.0. The van der Waals surface area contributed by atoms with E-state index in [1.807, 2.05) is 6.07 Å². The first-order chi connectivity index (χ1) is 9.69. The van der Waals surface area contributed by atoms with Crippen molar-refractivity contribution in [3.05, 3.63) is 27.1 Å². The molecule has 2 heterocycles. The third kappa shape index (κ3) is 4.54. The average molecular weight is 297 g/mol. The highest BCUT2D eigenvalue weighted by molar-refractivity contribution is 7.15. The number of hydrogen-bond acceptors (Lipinski definition) is 5. The molecule has 1 saturated heterocycles. The Bertz CT molecular complexity index is 430. The van der Waals surface area contributed by atoms with E-state index < -0.39 is 0 Å². The molecule has 0 bridgehead atoms. The van der Waals surface area contributed by atoms with Crippen LogP contribution >= 0.6 is 11.3 Å². The zero-order valence-corrected chi connectivity index (χ0v) is 12.8. The lowest BCUT2D eigenvalue weighted by Crippen LogP contribution is -2.43. The van der Waals surface area contributed by atoms with Gasteiger partial charge in [0.15, 0.2) is 0 Å². The number of nitro groups is 1. The number of thiophene rings is 1. The van der Waals surface area contributed by atoms with Gasteiger partial charge < -0.3 is 5.32 Å². The van der Waals surface area contributed by atoms with Gasteiger partial charge in [0.25, 0.3) is 0 Å². The van der Waals surface area contributed by atoms with Crippen LogP contribution in [0.3, 0.4) is 0 Å². The molecule has 0 spiro atoms. The third-order valence-electron chi connectivity index (χ3n) is 3.64. The molecular weight excluding hydrogens is 274 g/mol. The summed E-state index contributed by atoms with van der Waals surface area (Å²) in [4.78, 5) is 13.9. The van der Waals surface area contributed by atoms with E-state index in [1.165, 1.54) is 30.6 Å². The van der Waals surface area contributed by atoms with Crippen LogP contribution in [0.4, 0.5) is 5.00 Å². The summed E-state index contributed by atoms with van der Waals surface area (Å²) in [5.41, 5.74) is 0. The summed E-state index contributed by atoms with van der Waals surface area (Å²) in [6, 6.07) is 4.08. The molecule has 1 atom stereocenters. The van der Waals surface area contributed by atoms with Crippen LogP contribution in [0.5, 0.6) is 0 Å². The van der Waals surface area contributed by atoms with Crippen molar-refractivity contribution in [2.45, 2.75) is 45.2 Å². The first kappa shape index (κ1) is 15.4. The maximum atomic E-state index is 10.7. The Labute approximate surface area is 124 Å². The SMILES string of the molecule is CCCN(Cc1ccc([N+](=O)[O-])s1)CC1CCCCN1. The van der Waals surface area contributed by atoms with Gasteiger partial charge in [0, 0.05) is 30.1 Å². The largest absolute Gasteiger partial charge is 0.324 e. The second kappa shape index (κ2) is 7.71. The van der Waals surface area contributed by atoms with Crippen molar-refractivity contribution in [2.24, 2.45) is 0 Å². The Morgan fingerprint density at radius 3 is 2.95 bits per heavy atom. The summed E-state index contributed by atoms with van der Waals surface area (Å²) < 4.78 is 0. The van der Waals surface area contributed by atoms with Gasteiger partial charge in [-0.3, -0.25) is 15.0 Å².